The Morgan fingerprint density at radius 1 is 1.32 bits per heavy atom. The zero-order chi connectivity index (χ0) is 22.1. The van der Waals surface area contributed by atoms with E-state index in [0.717, 1.165) is 0 Å². The van der Waals surface area contributed by atoms with E-state index < -0.39 is 11.9 Å². The number of carbonyl (C=O) groups excluding carboxylic acids is 1. The minimum atomic E-state index is -0.913. The number of nitriles is 1. The van der Waals surface area contributed by atoms with Crippen LogP contribution in [0, 0.1) is 11.3 Å². The second-order valence-electron chi connectivity index (χ2n) is 6.79. The van der Waals surface area contributed by atoms with Crippen molar-refractivity contribution in [3.63, 3.8) is 0 Å². The highest BCUT2D eigenvalue weighted by atomic mass is 35.5. The molecule has 0 radical (unpaired) electrons. The number of aromatic nitrogens is 1. The third kappa shape index (κ3) is 3.71. The predicted octanol–water partition coefficient (Wildman–Crippen LogP) is 2.89. The minimum absolute atomic E-state index is 0.0348. The van der Waals surface area contributed by atoms with E-state index in [9.17, 15) is 10.1 Å². The monoisotopic (exact) mass is 443 g/mol. The first-order chi connectivity index (χ1) is 14.9. The second-order valence-corrected chi connectivity index (χ2v) is 7.15. The van der Waals surface area contributed by atoms with Gasteiger partial charge >= 0.3 is 5.97 Å². The van der Waals surface area contributed by atoms with E-state index in [1.807, 2.05) is 6.07 Å². The molecule has 4 rings (SSSR count). The van der Waals surface area contributed by atoms with E-state index >= 15 is 0 Å². The number of rotatable bonds is 5. The molecule has 2 aliphatic heterocycles. The maximum Gasteiger partial charge on any atom is 0.338 e. The van der Waals surface area contributed by atoms with Gasteiger partial charge in [0.15, 0.2) is 11.5 Å². The lowest BCUT2D eigenvalue weighted by Gasteiger charge is -2.27. The first-order valence-electron chi connectivity index (χ1n) is 9.28. The summed E-state index contributed by atoms with van der Waals surface area (Å²) in [4.78, 5) is 17.3. The second kappa shape index (κ2) is 8.34. The summed E-state index contributed by atoms with van der Waals surface area (Å²) in [6.07, 6.45) is 0. The van der Waals surface area contributed by atoms with Gasteiger partial charge in [-0.25, -0.2) is 9.78 Å². The SMILES string of the molecule is COCCOC(=O)C1=C(C)OC(N)=C(C#N)C1c1cc2cc3c(cc2nc1Cl)OCO3. The number of benzene rings is 1. The Kier molecular flexibility index (Phi) is 5.59. The first kappa shape index (κ1) is 20.8. The minimum Gasteiger partial charge on any atom is -0.460 e. The molecule has 0 saturated heterocycles. The van der Waals surface area contributed by atoms with E-state index in [0.29, 0.717) is 28.0 Å². The lowest BCUT2D eigenvalue weighted by Crippen LogP contribution is -2.26. The van der Waals surface area contributed by atoms with E-state index in [2.05, 4.69) is 4.98 Å². The fourth-order valence-electron chi connectivity index (χ4n) is 3.51. The maximum atomic E-state index is 12.9. The van der Waals surface area contributed by atoms with Crippen molar-refractivity contribution in [1.29, 1.82) is 5.26 Å². The molecule has 9 nitrogen and oxygen atoms in total. The van der Waals surface area contributed by atoms with Gasteiger partial charge in [-0.3, -0.25) is 0 Å². The molecule has 10 heteroatoms. The smallest absolute Gasteiger partial charge is 0.338 e. The van der Waals surface area contributed by atoms with Crippen LogP contribution in [0.5, 0.6) is 11.5 Å². The number of methoxy groups -OCH3 is 1. The van der Waals surface area contributed by atoms with Gasteiger partial charge in [-0.05, 0) is 19.1 Å². The van der Waals surface area contributed by atoms with Crippen LogP contribution in [-0.4, -0.2) is 38.1 Å². The Bertz CT molecular complexity index is 1180. The third-order valence-corrected chi connectivity index (χ3v) is 5.25. The number of hydrogen-bond donors (Lipinski definition) is 1. The quantitative estimate of drug-likeness (QED) is 0.421. The molecule has 2 N–H and O–H groups in total. The van der Waals surface area contributed by atoms with Crippen LogP contribution in [0.3, 0.4) is 0 Å². The van der Waals surface area contributed by atoms with Crippen molar-refractivity contribution in [2.24, 2.45) is 5.73 Å². The van der Waals surface area contributed by atoms with Crippen LogP contribution in [0.15, 0.2) is 41.0 Å². The molecule has 0 spiro atoms. The molecule has 1 aromatic heterocycles. The third-order valence-electron chi connectivity index (χ3n) is 4.95. The Morgan fingerprint density at radius 3 is 2.77 bits per heavy atom. The molecule has 1 atom stereocenters. The summed E-state index contributed by atoms with van der Waals surface area (Å²) < 4.78 is 26.5. The molecule has 1 aromatic carbocycles. The van der Waals surface area contributed by atoms with Crippen molar-refractivity contribution in [1.82, 2.24) is 4.98 Å². The number of esters is 1. The molecule has 0 fully saturated rings. The van der Waals surface area contributed by atoms with Crippen molar-refractivity contribution >= 4 is 28.5 Å². The number of hydrogen-bond acceptors (Lipinski definition) is 9. The summed E-state index contributed by atoms with van der Waals surface area (Å²) in [7, 11) is 1.49. The molecule has 160 valence electrons. The zero-order valence-electron chi connectivity index (χ0n) is 16.7. The molecular formula is C21H18ClN3O6. The van der Waals surface area contributed by atoms with Crippen molar-refractivity contribution in [3.05, 3.63) is 51.7 Å². The number of carbonyl (C=O) groups is 1. The van der Waals surface area contributed by atoms with Crippen molar-refractivity contribution in [2.75, 3.05) is 27.1 Å². The molecule has 0 bridgehead atoms. The number of allylic oxidation sites excluding steroid dienone is 2. The Morgan fingerprint density at radius 2 is 2.06 bits per heavy atom. The van der Waals surface area contributed by atoms with E-state index in [4.69, 9.17) is 41.0 Å². The summed E-state index contributed by atoms with van der Waals surface area (Å²) >= 11 is 6.51. The molecule has 0 aliphatic carbocycles. The Labute approximate surface area is 182 Å². The zero-order valence-corrected chi connectivity index (χ0v) is 17.5. The summed E-state index contributed by atoms with van der Waals surface area (Å²) in [5.41, 5.74) is 7.09. The van der Waals surface area contributed by atoms with E-state index in [1.165, 1.54) is 7.11 Å². The van der Waals surface area contributed by atoms with E-state index in [1.54, 1.807) is 25.1 Å². The van der Waals surface area contributed by atoms with Gasteiger partial charge in [0.2, 0.25) is 12.7 Å². The first-order valence-corrected chi connectivity index (χ1v) is 9.66. The number of fused-ring (bicyclic) bond motifs is 2. The van der Waals surface area contributed by atoms with Crippen LogP contribution < -0.4 is 15.2 Å². The predicted molar refractivity (Wildman–Crippen MR) is 109 cm³/mol. The standard InChI is InChI=1S/C21H18ClN3O6/c1-10-17(21(26)28-4-3-27-2)18(13(8-23)20(24)31-10)12-5-11-6-15-16(30-9-29-15)7-14(11)25-19(12)22/h5-7,18H,3-4,9,24H2,1-2H3. The van der Waals surface area contributed by atoms with Gasteiger partial charge in [-0.1, -0.05) is 11.6 Å². The molecule has 2 aromatic rings. The molecule has 0 saturated carbocycles. The van der Waals surface area contributed by atoms with Gasteiger partial charge in [0, 0.05) is 24.1 Å². The maximum absolute atomic E-state index is 12.9. The molecular weight excluding hydrogens is 426 g/mol. The normalized spacial score (nSPS) is 17.5. The number of pyridine rings is 1. The van der Waals surface area contributed by atoms with Gasteiger partial charge in [-0.2, -0.15) is 5.26 Å². The van der Waals surface area contributed by atoms with Crippen molar-refractivity contribution < 1.29 is 28.5 Å². The van der Waals surface area contributed by atoms with Crippen LogP contribution in [0.2, 0.25) is 5.15 Å². The Hall–Kier alpha value is -3.48. The molecule has 1 unspecified atom stereocenters. The largest absolute Gasteiger partial charge is 0.460 e. The fourth-order valence-corrected chi connectivity index (χ4v) is 3.77. The van der Waals surface area contributed by atoms with Crippen LogP contribution >= 0.6 is 11.6 Å². The van der Waals surface area contributed by atoms with E-state index in [-0.39, 0.29) is 47.9 Å². The summed E-state index contributed by atoms with van der Waals surface area (Å²) in [5, 5.41) is 10.6. The lowest BCUT2D eigenvalue weighted by atomic mass is 9.83. The molecule has 31 heavy (non-hydrogen) atoms. The molecule has 3 heterocycles. The van der Waals surface area contributed by atoms with Gasteiger partial charge in [-0.15, -0.1) is 0 Å². The summed E-state index contributed by atoms with van der Waals surface area (Å²) in [6, 6.07) is 7.24. The topological polar surface area (TPSA) is 126 Å². The van der Waals surface area contributed by atoms with Crippen LogP contribution in [0.4, 0.5) is 0 Å². The van der Waals surface area contributed by atoms with Crippen molar-refractivity contribution in [2.45, 2.75) is 12.8 Å². The fraction of sp³-hybridized carbons (Fsp3) is 0.286. The van der Waals surface area contributed by atoms with Crippen LogP contribution in [0.25, 0.3) is 10.9 Å². The van der Waals surface area contributed by atoms with Gasteiger partial charge in [0.25, 0.3) is 0 Å². The number of nitrogens with zero attached hydrogens (tertiary/aromatic N) is 2. The summed E-state index contributed by atoms with van der Waals surface area (Å²) in [5.74, 6) is -0.345. The van der Waals surface area contributed by atoms with Gasteiger partial charge in [0.05, 0.1) is 23.6 Å². The average molecular weight is 444 g/mol. The highest BCUT2D eigenvalue weighted by Crippen LogP contribution is 2.44. The molecule has 0 amide bonds. The average Bonchev–Trinajstić information content (AvgIpc) is 3.18. The highest BCUT2D eigenvalue weighted by Gasteiger charge is 2.38. The number of nitrogens with two attached hydrogens (primary N) is 1. The van der Waals surface area contributed by atoms with Crippen LogP contribution in [-0.2, 0) is 19.0 Å². The number of ether oxygens (including phenoxy) is 5. The van der Waals surface area contributed by atoms with Gasteiger partial charge < -0.3 is 29.4 Å². The summed E-state index contributed by atoms with van der Waals surface area (Å²) in [6.45, 7) is 1.94. The molecule has 2 aliphatic rings. The van der Waals surface area contributed by atoms with Crippen molar-refractivity contribution in [3.8, 4) is 17.6 Å². The van der Waals surface area contributed by atoms with Gasteiger partial charge in [0.1, 0.15) is 29.2 Å². The van der Waals surface area contributed by atoms with Crippen LogP contribution in [0.1, 0.15) is 18.4 Å². The number of halogens is 1. The highest BCUT2D eigenvalue weighted by molar-refractivity contribution is 6.30. The lowest BCUT2D eigenvalue weighted by molar-refractivity contribution is -0.140. The Balaban J connectivity index is 1.85.